The first kappa shape index (κ1) is 12.6. The monoisotopic (exact) mass is 291 g/mol. The van der Waals surface area contributed by atoms with Crippen molar-refractivity contribution in [3.05, 3.63) is 38.1 Å². The molecule has 0 amide bonds. The molecule has 0 aliphatic carbocycles. The lowest BCUT2D eigenvalue weighted by atomic mass is 10.1. The molecule has 0 aromatic heterocycles. The molecule has 1 aromatic rings. The first-order chi connectivity index (χ1) is 7.45. The first-order valence-electron chi connectivity index (χ1n) is 4.15. The normalized spacial score (nSPS) is 9.94. The van der Waals surface area contributed by atoms with Gasteiger partial charge in [-0.25, -0.2) is 0 Å². The average Bonchev–Trinajstić information content (AvgIpc) is 2.22. The standard InChI is InChI=1S/C9H7BrFNO4/c1-16-8(13)3-5-2-6(10)4-7(9(5)11)12(14)15/h2,4H,3H2,1H3. The minimum atomic E-state index is -1.02. The first-order valence-corrected chi connectivity index (χ1v) is 4.94. The third kappa shape index (κ3) is 2.75. The summed E-state index contributed by atoms with van der Waals surface area (Å²) in [7, 11) is 1.16. The van der Waals surface area contributed by atoms with Gasteiger partial charge in [-0.1, -0.05) is 15.9 Å². The molecule has 0 unspecified atom stereocenters. The predicted molar refractivity (Wildman–Crippen MR) is 56.5 cm³/mol. The van der Waals surface area contributed by atoms with E-state index in [0.717, 1.165) is 13.2 Å². The Morgan fingerprint density at radius 1 is 1.62 bits per heavy atom. The molecule has 1 rings (SSSR count). The smallest absolute Gasteiger partial charge is 0.310 e. The molecule has 0 saturated carbocycles. The van der Waals surface area contributed by atoms with Crippen molar-refractivity contribution < 1.29 is 18.8 Å². The molecule has 0 aliphatic heterocycles. The summed E-state index contributed by atoms with van der Waals surface area (Å²) in [6, 6.07) is 2.34. The van der Waals surface area contributed by atoms with Gasteiger partial charge >= 0.3 is 11.7 Å². The molecule has 0 bridgehead atoms. The number of hydrogen-bond acceptors (Lipinski definition) is 4. The van der Waals surface area contributed by atoms with Crippen molar-refractivity contribution in [2.45, 2.75) is 6.42 Å². The molecule has 0 aliphatic rings. The Morgan fingerprint density at radius 3 is 2.75 bits per heavy atom. The topological polar surface area (TPSA) is 69.4 Å². The number of rotatable bonds is 3. The molecule has 1 aromatic carbocycles. The van der Waals surface area contributed by atoms with Crippen LogP contribution in [-0.4, -0.2) is 18.0 Å². The van der Waals surface area contributed by atoms with Crippen molar-refractivity contribution in [2.24, 2.45) is 0 Å². The Labute approximate surface area is 98.5 Å². The maximum atomic E-state index is 13.5. The fourth-order valence-electron chi connectivity index (χ4n) is 1.12. The second-order valence-electron chi connectivity index (χ2n) is 2.91. The minimum absolute atomic E-state index is 0.0760. The van der Waals surface area contributed by atoms with E-state index < -0.39 is 22.4 Å². The summed E-state index contributed by atoms with van der Waals surface area (Å²) in [6.45, 7) is 0. The van der Waals surface area contributed by atoms with Crippen LogP contribution in [0.2, 0.25) is 0 Å². The highest BCUT2D eigenvalue weighted by molar-refractivity contribution is 9.10. The highest BCUT2D eigenvalue weighted by atomic mass is 79.9. The van der Waals surface area contributed by atoms with Gasteiger partial charge in [0.05, 0.1) is 18.5 Å². The van der Waals surface area contributed by atoms with Crippen LogP contribution in [0.4, 0.5) is 10.1 Å². The van der Waals surface area contributed by atoms with Crippen molar-refractivity contribution in [2.75, 3.05) is 7.11 Å². The van der Waals surface area contributed by atoms with Gasteiger partial charge < -0.3 is 4.74 Å². The number of ether oxygens (including phenoxy) is 1. The van der Waals surface area contributed by atoms with E-state index in [1.54, 1.807) is 0 Å². The average molecular weight is 292 g/mol. The van der Waals surface area contributed by atoms with Crippen molar-refractivity contribution >= 4 is 27.6 Å². The molecule has 86 valence electrons. The molecule has 0 heterocycles. The summed E-state index contributed by atoms with van der Waals surface area (Å²) in [5.74, 6) is -1.68. The number of hydrogen-bond donors (Lipinski definition) is 0. The van der Waals surface area contributed by atoms with Gasteiger partial charge in [-0.3, -0.25) is 14.9 Å². The van der Waals surface area contributed by atoms with Crippen LogP contribution in [-0.2, 0) is 16.0 Å². The van der Waals surface area contributed by atoms with Crippen LogP contribution >= 0.6 is 15.9 Å². The number of carbonyl (C=O) groups excluding carboxylic acids is 1. The van der Waals surface area contributed by atoms with E-state index in [-0.39, 0.29) is 12.0 Å². The fraction of sp³-hybridized carbons (Fsp3) is 0.222. The Morgan fingerprint density at radius 2 is 2.25 bits per heavy atom. The lowest BCUT2D eigenvalue weighted by Gasteiger charge is -2.03. The molecule has 0 saturated heterocycles. The van der Waals surface area contributed by atoms with Crippen LogP contribution in [0, 0.1) is 15.9 Å². The molecule has 7 heteroatoms. The van der Waals surface area contributed by atoms with E-state index in [0.29, 0.717) is 4.47 Å². The van der Waals surface area contributed by atoms with Crippen LogP contribution in [0.25, 0.3) is 0 Å². The fourth-order valence-corrected chi connectivity index (χ4v) is 1.61. The summed E-state index contributed by atoms with van der Waals surface area (Å²) in [4.78, 5) is 20.6. The van der Waals surface area contributed by atoms with E-state index in [9.17, 15) is 19.3 Å². The second kappa shape index (κ2) is 5.02. The zero-order chi connectivity index (χ0) is 12.3. The van der Waals surface area contributed by atoms with Crippen LogP contribution in [0.3, 0.4) is 0 Å². The molecule has 16 heavy (non-hydrogen) atoms. The van der Waals surface area contributed by atoms with E-state index in [1.807, 2.05) is 0 Å². The Balaban J connectivity index is 3.19. The number of halogens is 2. The number of nitrogens with zero attached hydrogens (tertiary/aromatic N) is 1. The van der Waals surface area contributed by atoms with Gasteiger partial charge in [0, 0.05) is 16.1 Å². The highest BCUT2D eigenvalue weighted by Crippen LogP contribution is 2.26. The maximum absolute atomic E-state index is 13.5. The molecular weight excluding hydrogens is 285 g/mol. The molecule has 0 fully saturated rings. The molecule has 0 N–H and O–H groups in total. The third-order valence-corrected chi connectivity index (χ3v) is 2.31. The number of carbonyl (C=O) groups is 1. The zero-order valence-corrected chi connectivity index (χ0v) is 9.78. The van der Waals surface area contributed by atoms with E-state index in [1.165, 1.54) is 6.07 Å². The minimum Gasteiger partial charge on any atom is -0.469 e. The summed E-state index contributed by atoms with van der Waals surface area (Å²) < 4.78 is 18.2. The van der Waals surface area contributed by atoms with Crippen molar-refractivity contribution in [1.82, 2.24) is 0 Å². The molecule has 0 radical (unpaired) electrons. The van der Waals surface area contributed by atoms with Gasteiger partial charge in [0.2, 0.25) is 5.82 Å². The molecule has 0 spiro atoms. The van der Waals surface area contributed by atoms with Gasteiger partial charge in [0.1, 0.15) is 0 Å². The van der Waals surface area contributed by atoms with Crippen LogP contribution in [0.5, 0.6) is 0 Å². The van der Waals surface area contributed by atoms with Crippen molar-refractivity contribution in [3.8, 4) is 0 Å². The summed E-state index contributed by atoms with van der Waals surface area (Å²) in [6.07, 6.45) is -0.345. The quantitative estimate of drug-likeness (QED) is 0.486. The maximum Gasteiger partial charge on any atom is 0.310 e. The Kier molecular flexibility index (Phi) is 3.94. The van der Waals surface area contributed by atoms with Crippen LogP contribution < -0.4 is 0 Å². The summed E-state index contributed by atoms with van der Waals surface area (Å²) >= 11 is 3.00. The third-order valence-electron chi connectivity index (χ3n) is 1.85. The molecule has 0 atom stereocenters. The Bertz CT molecular complexity index is 449. The summed E-state index contributed by atoms with van der Waals surface area (Å²) in [5, 5.41) is 10.5. The van der Waals surface area contributed by atoms with Gasteiger partial charge in [-0.2, -0.15) is 4.39 Å². The van der Waals surface area contributed by atoms with E-state index in [2.05, 4.69) is 20.7 Å². The van der Waals surface area contributed by atoms with Gasteiger partial charge in [0.15, 0.2) is 0 Å². The number of methoxy groups -OCH3 is 1. The van der Waals surface area contributed by atoms with Crippen molar-refractivity contribution in [1.29, 1.82) is 0 Å². The number of nitro benzene ring substituents is 1. The van der Waals surface area contributed by atoms with Gasteiger partial charge in [0.25, 0.3) is 0 Å². The SMILES string of the molecule is COC(=O)Cc1cc(Br)cc([N+](=O)[O-])c1F. The number of benzene rings is 1. The van der Waals surface area contributed by atoms with Crippen LogP contribution in [0.15, 0.2) is 16.6 Å². The number of nitro groups is 1. The van der Waals surface area contributed by atoms with Gasteiger partial charge in [-0.05, 0) is 6.07 Å². The van der Waals surface area contributed by atoms with E-state index >= 15 is 0 Å². The molecule has 5 nitrogen and oxygen atoms in total. The molecular formula is C9H7BrFNO4. The van der Waals surface area contributed by atoms with Crippen LogP contribution in [0.1, 0.15) is 5.56 Å². The van der Waals surface area contributed by atoms with Gasteiger partial charge in [-0.15, -0.1) is 0 Å². The Hall–Kier alpha value is -1.50. The predicted octanol–water partition coefficient (Wildman–Crippen LogP) is 2.21. The number of esters is 1. The van der Waals surface area contributed by atoms with Crippen molar-refractivity contribution in [3.63, 3.8) is 0 Å². The lowest BCUT2D eigenvalue weighted by Crippen LogP contribution is -2.07. The summed E-state index contributed by atoms with van der Waals surface area (Å²) in [5.41, 5.74) is -0.749. The lowest BCUT2D eigenvalue weighted by molar-refractivity contribution is -0.387. The zero-order valence-electron chi connectivity index (χ0n) is 8.20. The highest BCUT2D eigenvalue weighted by Gasteiger charge is 2.20. The van der Waals surface area contributed by atoms with E-state index in [4.69, 9.17) is 0 Å². The largest absolute Gasteiger partial charge is 0.469 e. The second-order valence-corrected chi connectivity index (χ2v) is 3.82.